The van der Waals surface area contributed by atoms with Gasteiger partial charge in [-0.15, -0.1) is 6.42 Å². The number of rotatable bonds is 2. The molecule has 0 radical (unpaired) electrons. The normalized spacial score (nSPS) is 14.5. The van der Waals surface area contributed by atoms with E-state index in [1.165, 1.54) is 17.7 Å². The minimum absolute atomic E-state index is 0.356. The van der Waals surface area contributed by atoms with Crippen LogP contribution in [0, 0.1) is 12.3 Å². The molecule has 3 nitrogen and oxygen atoms in total. The zero-order valence-electron chi connectivity index (χ0n) is 9.17. The van der Waals surface area contributed by atoms with Crippen molar-refractivity contribution in [1.29, 1.82) is 0 Å². The molecule has 1 heterocycles. The first-order chi connectivity index (χ1) is 7.12. The van der Waals surface area contributed by atoms with Crippen LogP contribution in [-0.2, 0) is 12.8 Å². The predicted molar refractivity (Wildman–Crippen MR) is 60.6 cm³/mol. The Morgan fingerprint density at radius 2 is 2.20 bits per heavy atom. The topological polar surface area (TPSA) is 37.8 Å². The molecule has 2 rings (SSSR count). The van der Waals surface area contributed by atoms with Gasteiger partial charge in [0.2, 0.25) is 0 Å². The van der Waals surface area contributed by atoms with E-state index in [1.807, 2.05) is 13.8 Å². The van der Waals surface area contributed by atoms with Gasteiger partial charge >= 0.3 is 0 Å². The van der Waals surface area contributed by atoms with Crippen LogP contribution in [0.25, 0.3) is 0 Å². The quantitative estimate of drug-likeness (QED) is 0.741. The predicted octanol–water partition coefficient (Wildman–Crippen LogP) is 1.79. The molecule has 0 fully saturated rings. The Bertz CT molecular complexity index is 415. The summed E-state index contributed by atoms with van der Waals surface area (Å²) in [5.41, 5.74) is 2.05. The highest BCUT2D eigenvalue weighted by Gasteiger charge is 2.21. The van der Waals surface area contributed by atoms with Gasteiger partial charge in [0.15, 0.2) is 0 Å². The molecule has 1 aliphatic rings. The first kappa shape index (κ1) is 9.97. The lowest BCUT2D eigenvalue weighted by molar-refractivity contribution is 0.732. The Hall–Kier alpha value is -1.56. The van der Waals surface area contributed by atoms with Gasteiger partial charge in [-0.1, -0.05) is 5.92 Å². The number of aryl methyl sites for hydroxylation is 1. The fourth-order valence-electron chi connectivity index (χ4n) is 1.80. The third-order valence-corrected chi connectivity index (χ3v) is 2.67. The van der Waals surface area contributed by atoms with Crippen molar-refractivity contribution in [3.63, 3.8) is 0 Å². The van der Waals surface area contributed by atoms with Crippen LogP contribution in [0.4, 0.5) is 5.82 Å². The van der Waals surface area contributed by atoms with Crippen molar-refractivity contribution in [3.8, 4) is 12.3 Å². The van der Waals surface area contributed by atoms with E-state index in [0.717, 1.165) is 18.7 Å². The van der Waals surface area contributed by atoms with Crippen molar-refractivity contribution >= 4 is 5.82 Å². The number of nitrogens with zero attached hydrogens (tertiary/aromatic N) is 2. The highest BCUT2D eigenvalue weighted by atomic mass is 15.1. The fraction of sp³-hybridized carbons (Fsp3) is 0.500. The van der Waals surface area contributed by atoms with Crippen LogP contribution in [0.15, 0.2) is 6.33 Å². The minimum Gasteiger partial charge on any atom is -0.354 e. The van der Waals surface area contributed by atoms with Crippen molar-refractivity contribution in [2.75, 3.05) is 5.32 Å². The largest absolute Gasteiger partial charge is 0.354 e. The summed E-state index contributed by atoms with van der Waals surface area (Å²) in [6.45, 7) is 3.94. The van der Waals surface area contributed by atoms with Gasteiger partial charge < -0.3 is 5.32 Å². The number of terminal acetylenes is 1. The van der Waals surface area contributed by atoms with Crippen molar-refractivity contribution in [3.05, 3.63) is 17.6 Å². The Labute approximate surface area is 90.3 Å². The Balaban J connectivity index is 2.31. The molecule has 1 aromatic rings. The summed E-state index contributed by atoms with van der Waals surface area (Å²) >= 11 is 0. The summed E-state index contributed by atoms with van der Waals surface area (Å²) in [5.74, 6) is 3.61. The van der Waals surface area contributed by atoms with E-state index in [-0.39, 0.29) is 5.54 Å². The van der Waals surface area contributed by atoms with Gasteiger partial charge in [-0.2, -0.15) is 0 Å². The van der Waals surface area contributed by atoms with E-state index in [1.54, 1.807) is 6.33 Å². The van der Waals surface area contributed by atoms with E-state index in [4.69, 9.17) is 6.42 Å². The van der Waals surface area contributed by atoms with Crippen LogP contribution in [0.1, 0.15) is 31.5 Å². The summed E-state index contributed by atoms with van der Waals surface area (Å²) < 4.78 is 0. The molecule has 0 unspecified atom stereocenters. The first-order valence-corrected chi connectivity index (χ1v) is 5.21. The maximum atomic E-state index is 5.44. The SMILES string of the molecule is C#CC(C)(C)Nc1ncnc2c1CCC2. The monoisotopic (exact) mass is 201 g/mol. The molecule has 0 aliphatic heterocycles. The summed E-state index contributed by atoms with van der Waals surface area (Å²) in [5, 5.41) is 3.28. The van der Waals surface area contributed by atoms with E-state index in [2.05, 4.69) is 21.2 Å². The van der Waals surface area contributed by atoms with Crippen molar-refractivity contribution in [2.24, 2.45) is 0 Å². The molecule has 0 bridgehead atoms. The average molecular weight is 201 g/mol. The second kappa shape index (κ2) is 3.54. The highest BCUT2D eigenvalue weighted by molar-refractivity contribution is 5.51. The molecule has 78 valence electrons. The van der Waals surface area contributed by atoms with E-state index in [9.17, 15) is 0 Å². The van der Waals surface area contributed by atoms with Crippen LogP contribution in [-0.4, -0.2) is 15.5 Å². The van der Waals surface area contributed by atoms with Crippen LogP contribution in [0.5, 0.6) is 0 Å². The highest BCUT2D eigenvalue weighted by Crippen LogP contribution is 2.26. The number of nitrogens with one attached hydrogen (secondary N) is 1. The number of anilines is 1. The van der Waals surface area contributed by atoms with Gasteiger partial charge in [0, 0.05) is 11.3 Å². The molecule has 1 aliphatic carbocycles. The van der Waals surface area contributed by atoms with E-state index >= 15 is 0 Å². The van der Waals surface area contributed by atoms with Gasteiger partial charge in [0.25, 0.3) is 0 Å². The zero-order chi connectivity index (χ0) is 10.9. The van der Waals surface area contributed by atoms with Crippen molar-refractivity contribution in [1.82, 2.24) is 9.97 Å². The third-order valence-electron chi connectivity index (χ3n) is 2.67. The van der Waals surface area contributed by atoms with Crippen LogP contribution < -0.4 is 5.32 Å². The third kappa shape index (κ3) is 1.94. The summed E-state index contributed by atoms with van der Waals surface area (Å²) in [6, 6.07) is 0. The lowest BCUT2D eigenvalue weighted by Gasteiger charge is -2.21. The molecule has 0 amide bonds. The summed E-state index contributed by atoms with van der Waals surface area (Å²) in [6.07, 6.45) is 10.3. The smallest absolute Gasteiger partial charge is 0.133 e. The second-order valence-electron chi connectivity index (χ2n) is 4.40. The number of aromatic nitrogens is 2. The summed E-state index contributed by atoms with van der Waals surface area (Å²) in [7, 11) is 0. The molecular weight excluding hydrogens is 186 g/mol. The number of hydrogen-bond acceptors (Lipinski definition) is 3. The van der Waals surface area contributed by atoms with Crippen molar-refractivity contribution < 1.29 is 0 Å². The van der Waals surface area contributed by atoms with Gasteiger partial charge in [0.05, 0.1) is 5.54 Å². The van der Waals surface area contributed by atoms with E-state index in [0.29, 0.717) is 0 Å². The number of fused-ring (bicyclic) bond motifs is 1. The maximum absolute atomic E-state index is 5.44. The minimum atomic E-state index is -0.356. The average Bonchev–Trinajstić information content (AvgIpc) is 2.66. The number of hydrogen-bond donors (Lipinski definition) is 1. The first-order valence-electron chi connectivity index (χ1n) is 5.21. The van der Waals surface area contributed by atoms with Gasteiger partial charge in [-0.05, 0) is 33.1 Å². The van der Waals surface area contributed by atoms with Gasteiger partial charge in [0.1, 0.15) is 12.1 Å². The van der Waals surface area contributed by atoms with Gasteiger partial charge in [-0.3, -0.25) is 0 Å². The zero-order valence-corrected chi connectivity index (χ0v) is 9.17. The Kier molecular flexibility index (Phi) is 2.36. The molecule has 0 spiro atoms. The van der Waals surface area contributed by atoms with Crippen LogP contribution >= 0.6 is 0 Å². The molecule has 3 heteroatoms. The Morgan fingerprint density at radius 1 is 1.40 bits per heavy atom. The molecular formula is C12H15N3. The van der Waals surface area contributed by atoms with Gasteiger partial charge in [-0.25, -0.2) is 9.97 Å². The molecule has 0 aromatic carbocycles. The molecule has 0 saturated heterocycles. The van der Waals surface area contributed by atoms with Crippen LogP contribution in [0.3, 0.4) is 0 Å². The Morgan fingerprint density at radius 3 is 2.93 bits per heavy atom. The molecule has 1 N–H and O–H groups in total. The molecule has 15 heavy (non-hydrogen) atoms. The second-order valence-corrected chi connectivity index (χ2v) is 4.40. The summed E-state index contributed by atoms with van der Waals surface area (Å²) in [4.78, 5) is 8.54. The lowest BCUT2D eigenvalue weighted by atomic mass is 10.1. The maximum Gasteiger partial charge on any atom is 0.133 e. The van der Waals surface area contributed by atoms with Crippen molar-refractivity contribution in [2.45, 2.75) is 38.6 Å². The molecule has 1 aromatic heterocycles. The molecule has 0 saturated carbocycles. The lowest BCUT2D eigenvalue weighted by Crippen LogP contribution is -2.29. The fourth-order valence-corrected chi connectivity index (χ4v) is 1.80. The van der Waals surface area contributed by atoms with Crippen LogP contribution in [0.2, 0.25) is 0 Å². The van der Waals surface area contributed by atoms with E-state index < -0.39 is 0 Å². The standard InChI is InChI=1S/C12H15N3/c1-4-12(2,3)15-11-9-6-5-7-10(9)13-8-14-11/h1,8H,5-7H2,2-3H3,(H,13,14,15). The molecule has 0 atom stereocenters.